The molecule has 7 heteroatoms. The molecule has 2 unspecified atom stereocenters. The minimum absolute atomic E-state index is 0.0168. The average Bonchev–Trinajstić information content (AvgIpc) is 2.97. The van der Waals surface area contributed by atoms with Crippen molar-refractivity contribution in [3.63, 3.8) is 0 Å². The van der Waals surface area contributed by atoms with Gasteiger partial charge in [0.2, 0.25) is 10.0 Å². The summed E-state index contributed by atoms with van der Waals surface area (Å²) in [6, 6.07) is 1.38. The number of nitrogens with one attached hydrogen (secondary N) is 1. The molecule has 1 heterocycles. The van der Waals surface area contributed by atoms with Crippen LogP contribution in [-0.4, -0.2) is 30.6 Å². The van der Waals surface area contributed by atoms with Gasteiger partial charge in [-0.15, -0.1) is 0 Å². The number of thioether (sulfide) groups is 1. The zero-order valence-corrected chi connectivity index (χ0v) is 13.4. The van der Waals surface area contributed by atoms with Crippen LogP contribution in [0.3, 0.4) is 0 Å². The fourth-order valence-corrected chi connectivity index (χ4v) is 5.40. The second-order valence-corrected chi connectivity index (χ2v) is 8.14. The summed E-state index contributed by atoms with van der Waals surface area (Å²) < 4.78 is 32.9. The summed E-state index contributed by atoms with van der Waals surface area (Å²) in [7, 11) is -3.58. The number of hydrogen-bond donors (Lipinski definition) is 2. The Balaban J connectivity index is 2.16. The predicted octanol–water partition coefficient (Wildman–Crippen LogP) is 2.03. The number of rotatable bonds is 6. The van der Waals surface area contributed by atoms with Crippen LogP contribution in [-0.2, 0) is 16.6 Å². The van der Waals surface area contributed by atoms with E-state index in [9.17, 15) is 8.42 Å². The van der Waals surface area contributed by atoms with Gasteiger partial charge in [-0.2, -0.15) is 11.8 Å². The monoisotopic (exact) mass is 319 g/mol. The number of hydrogen-bond acceptors (Lipinski definition) is 5. The van der Waals surface area contributed by atoms with Crippen molar-refractivity contribution < 1.29 is 17.9 Å². The maximum atomic E-state index is 12.4. The van der Waals surface area contributed by atoms with Crippen LogP contribution in [0, 0.1) is 6.92 Å². The van der Waals surface area contributed by atoms with Crippen molar-refractivity contribution in [2.75, 3.05) is 5.75 Å². The molecular weight excluding hydrogens is 298 g/mol. The Hall–Kier alpha value is -0.500. The zero-order chi connectivity index (χ0) is 14.8. The highest BCUT2D eigenvalue weighted by atomic mass is 32.2. The molecular formula is C13H21NO4S2. The molecule has 1 fully saturated rings. The molecule has 0 spiro atoms. The summed E-state index contributed by atoms with van der Waals surface area (Å²) in [6.07, 6.45) is 2.98. The van der Waals surface area contributed by atoms with E-state index in [-0.39, 0.29) is 23.3 Å². The standard InChI is InChI=1S/C13H21NO4S2/c1-3-19-12-6-4-5-11(12)14-20(16,17)13-7-10(8-15)18-9(13)2/h7,11-12,14-15H,3-6,8H2,1-2H3. The topological polar surface area (TPSA) is 79.5 Å². The van der Waals surface area contributed by atoms with Crippen LogP contribution >= 0.6 is 11.8 Å². The Bertz CT molecular complexity index is 553. The number of aliphatic hydroxyl groups excluding tert-OH is 1. The third kappa shape index (κ3) is 3.39. The summed E-state index contributed by atoms with van der Waals surface area (Å²) in [4.78, 5) is 0.133. The minimum atomic E-state index is -3.58. The van der Waals surface area contributed by atoms with E-state index >= 15 is 0 Å². The van der Waals surface area contributed by atoms with E-state index < -0.39 is 10.0 Å². The highest BCUT2D eigenvalue weighted by Crippen LogP contribution is 2.31. The molecule has 1 saturated carbocycles. The van der Waals surface area contributed by atoms with Crippen molar-refractivity contribution in [1.82, 2.24) is 4.72 Å². The van der Waals surface area contributed by atoms with E-state index in [1.807, 2.05) is 0 Å². The first-order valence-electron chi connectivity index (χ1n) is 6.82. The molecule has 5 nitrogen and oxygen atoms in total. The summed E-state index contributed by atoms with van der Waals surface area (Å²) in [5, 5.41) is 9.37. The lowest BCUT2D eigenvalue weighted by molar-refractivity contribution is 0.244. The molecule has 0 saturated heterocycles. The average molecular weight is 319 g/mol. The lowest BCUT2D eigenvalue weighted by Gasteiger charge is -2.19. The first-order chi connectivity index (χ1) is 9.47. The lowest BCUT2D eigenvalue weighted by Crippen LogP contribution is -2.38. The van der Waals surface area contributed by atoms with E-state index in [1.165, 1.54) is 6.07 Å². The van der Waals surface area contributed by atoms with Gasteiger partial charge in [0, 0.05) is 17.4 Å². The molecule has 114 valence electrons. The van der Waals surface area contributed by atoms with Gasteiger partial charge in [0.05, 0.1) is 0 Å². The van der Waals surface area contributed by atoms with Crippen molar-refractivity contribution >= 4 is 21.8 Å². The van der Waals surface area contributed by atoms with Crippen LogP contribution in [0.2, 0.25) is 0 Å². The van der Waals surface area contributed by atoms with E-state index in [4.69, 9.17) is 9.52 Å². The van der Waals surface area contributed by atoms with Crippen LogP contribution in [0.15, 0.2) is 15.4 Å². The molecule has 0 radical (unpaired) electrons. The Kier molecular flexibility index (Phi) is 5.17. The summed E-state index contributed by atoms with van der Waals surface area (Å²) >= 11 is 1.81. The third-order valence-electron chi connectivity index (χ3n) is 3.51. The molecule has 1 aromatic rings. The van der Waals surface area contributed by atoms with Crippen molar-refractivity contribution in [3.8, 4) is 0 Å². The Morgan fingerprint density at radius 3 is 2.85 bits per heavy atom. The first kappa shape index (κ1) is 15.9. The van der Waals surface area contributed by atoms with Crippen LogP contribution < -0.4 is 4.72 Å². The molecule has 0 amide bonds. The van der Waals surface area contributed by atoms with Crippen molar-refractivity contribution in [1.29, 1.82) is 0 Å². The predicted molar refractivity (Wildman–Crippen MR) is 79.2 cm³/mol. The van der Waals surface area contributed by atoms with Gasteiger partial charge in [-0.3, -0.25) is 0 Å². The summed E-state index contributed by atoms with van der Waals surface area (Å²) in [5.41, 5.74) is 0. The maximum Gasteiger partial charge on any atom is 0.244 e. The fourth-order valence-electron chi connectivity index (χ4n) is 2.61. The SMILES string of the molecule is CCSC1CCCC1NS(=O)(=O)c1cc(CO)oc1C. The van der Waals surface area contributed by atoms with Crippen molar-refractivity contribution in [2.24, 2.45) is 0 Å². The number of sulfonamides is 1. The maximum absolute atomic E-state index is 12.4. The van der Waals surface area contributed by atoms with Crippen molar-refractivity contribution in [2.45, 2.75) is 55.9 Å². The minimum Gasteiger partial charge on any atom is -0.462 e. The molecule has 2 atom stereocenters. The van der Waals surface area contributed by atoms with Gasteiger partial charge >= 0.3 is 0 Å². The van der Waals surface area contributed by atoms with Gasteiger partial charge in [-0.1, -0.05) is 13.3 Å². The molecule has 2 rings (SSSR count). The van der Waals surface area contributed by atoms with Gasteiger partial charge in [0.1, 0.15) is 23.0 Å². The van der Waals surface area contributed by atoms with Gasteiger partial charge in [0.25, 0.3) is 0 Å². The van der Waals surface area contributed by atoms with E-state index in [0.29, 0.717) is 11.0 Å². The molecule has 0 bridgehead atoms. The highest BCUT2D eigenvalue weighted by Gasteiger charge is 2.32. The molecule has 0 aliphatic heterocycles. The number of aliphatic hydroxyl groups is 1. The smallest absolute Gasteiger partial charge is 0.244 e. The van der Waals surface area contributed by atoms with Crippen molar-refractivity contribution in [3.05, 3.63) is 17.6 Å². The fraction of sp³-hybridized carbons (Fsp3) is 0.692. The van der Waals surface area contributed by atoms with Gasteiger partial charge in [0.15, 0.2) is 0 Å². The van der Waals surface area contributed by atoms with Crippen LogP contribution in [0.5, 0.6) is 0 Å². The number of aryl methyl sites for hydroxylation is 1. The Labute approximate surface area is 124 Å². The second kappa shape index (κ2) is 6.51. The van der Waals surface area contributed by atoms with Crippen LogP contribution in [0.25, 0.3) is 0 Å². The lowest BCUT2D eigenvalue weighted by atomic mass is 10.3. The molecule has 2 N–H and O–H groups in total. The molecule has 1 aromatic heterocycles. The quantitative estimate of drug-likeness (QED) is 0.839. The van der Waals surface area contributed by atoms with E-state index in [1.54, 1.807) is 18.7 Å². The van der Waals surface area contributed by atoms with E-state index in [2.05, 4.69) is 11.6 Å². The molecule has 1 aliphatic rings. The van der Waals surface area contributed by atoms with Crippen LogP contribution in [0.1, 0.15) is 37.7 Å². The van der Waals surface area contributed by atoms with E-state index in [0.717, 1.165) is 25.0 Å². The Morgan fingerprint density at radius 2 is 2.25 bits per heavy atom. The molecule has 1 aliphatic carbocycles. The normalized spacial score (nSPS) is 23.4. The molecule has 20 heavy (non-hydrogen) atoms. The van der Waals surface area contributed by atoms with Gasteiger partial charge in [-0.25, -0.2) is 13.1 Å². The largest absolute Gasteiger partial charge is 0.462 e. The third-order valence-corrected chi connectivity index (χ3v) is 6.43. The van der Waals surface area contributed by atoms with Gasteiger partial charge in [-0.05, 0) is 25.5 Å². The zero-order valence-electron chi connectivity index (χ0n) is 11.8. The highest BCUT2D eigenvalue weighted by molar-refractivity contribution is 8.00. The van der Waals surface area contributed by atoms with Crippen LogP contribution in [0.4, 0.5) is 0 Å². The summed E-state index contributed by atoms with van der Waals surface area (Å²) in [6.45, 7) is 3.39. The second-order valence-electron chi connectivity index (χ2n) is 4.94. The summed E-state index contributed by atoms with van der Waals surface area (Å²) in [5.74, 6) is 1.58. The van der Waals surface area contributed by atoms with Gasteiger partial charge < -0.3 is 9.52 Å². The molecule has 0 aromatic carbocycles. The first-order valence-corrected chi connectivity index (χ1v) is 9.35. The number of furan rings is 1. The Morgan fingerprint density at radius 1 is 1.50 bits per heavy atom.